The number of nitrogens with zero attached hydrogens (tertiary/aromatic N) is 2. The molecule has 2 aliphatic heterocycles. The Morgan fingerprint density at radius 1 is 0.955 bits per heavy atom. The normalized spacial score (nSPS) is 19.7. The number of carbonyl (C=O) groups excluding carboxylic acids is 1. The van der Waals surface area contributed by atoms with E-state index in [-0.39, 0.29) is 30.6 Å². The Hall–Kier alpha value is -2.89. The molecule has 0 aromatic heterocycles. The van der Waals surface area contributed by atoms with Crippen LogP contribution in [0.1, 0.15) is 43.7 Å². The molecule has 2 heterocycles. The standard InChI is InChI=1S/C34H51N3O7/c1-5-36(6-2)33(38)25-44-32-23-35-22-31(34(32)27-10-12-28(13-11-27)41-19-8-18-40-4)43-24-26-9-14-30-29(21-26)37(16-20-42-30)15-7-17-39-3/h9-14,21,31-32,34-35H,5-8,15-20,22-25H2,1-4H3/t31-,32+,34?/m0/s1. The molecule has 1 saturated heterocycles. The van der Waals surface area contributed by atoms with Crippen LogP contribution >= 0.6 is 0 Å². The number of amides is 1. The molecule has 10 heteroatoms. The van der Waals surface area contributed by atoms with Crippen molar-refractivity contribution in [1.82, 2.24) is 10.2 Å². The van der Waals surface area contributed by atoms with E-state index in [9.17, 15) is 4.79 Å². The summed E-state index contributed by atoms with van der Waals surface area (Å²) in [6.07, 6.45) is 1.41. The van der Waals surface area contributed by atoms with E-state index in [0.717, 1.165) is 60.9 Å². The highest BCUT2D eigenvalue weighted by molar-refractivity contribution is 5.77. The van der Waals surface area contributed by atoms with Crippen molar-refractivity contribution in [3.05, 3.63) is 53.6 Å². The molecule has 44 heavy (non-hydrogen) atoms. The molecule has 0 saturated carbocycles. The summed E-state index contributed by atoms with van der Waals surface area (Å²) in [7, 11) is 3.43. The van der Waals surface area contributed by atoms with E-state index in [0.29, 0.717) is 52.6 Å². The van der Waals surface area contributed by atoms with Gasteiger partial charge in [-0.05, 0) is 55.7 Å². The van der Waals surface area contributed by atoms with Gasteiger partial charge in [0.25, 0.3) is 0 Å². The second-order valence-electron chi connectivity index (χ2n) is 11.2. The molecule has 2 aliphatic rings. The largest absolute Gasteiger partial charge is 0.494 e. The molecule has 10 nitrogen and oxygen atoms in total. The summed E-state index contributed by atoms with van der Waals surface area (Å²) in [5.74, 6) is 1.67. The van der Waals surface area contributed by atoms with Crippen LogP contribution in [0.2, 0.25) is 0 Å². The van der Waals surface area contributed by atoms with Gasteiger partial charge < -0.3 is 43.5 Å². The number of ether oxygens (including phenoxy) is 6. The van der Waals surface area contributed by atoms with Crippen LogP contribution in [0.5, 0.6) is 11.5 Å². The number of methoxy groups -OCH3 is 2. The third-order valence-corrected chi connectivity index (χ3v) is 8.28. The van der Waals surface area contributed by atoms with Crippen molar-refractivity contribution in [2.45, 2.75) is 51.4 Å². The molecule has 1 amide bonds. The Balaban J connectivity index is 1.48. The molecule has 2 aromatic rings. The zero-order chi connectivity index (χ0) is 31.1. The van der Waals surface area contributed by atoms with Crippen LogP contribution in [0.3, 0.4) is 0 Å². The van der Waals surface area contributed by atoms with E-state index >= 15 is 0 Å². The second-order valence-corrected chi connectivity index (χ2v) is 11.2. The second kappa shape index (κ2) is 18.2. The van der Waals surface area contributed by atoms with Gasteiger partial charge in [-0.2, -0.15) is 0 Å². The maximum atomic E-state index is 12.8. The van der Waals surface area contributed by atoms with Gasteiger partial charge in [-0.25, -0.2) is 0 Å². The summed E-state index contributed by atoms with van der Waals surface area (Å²) in [6, 6.07) is 14.5. The number of hydrogen-bond acceptors (Lipinski definition) is 9. The van der Waals surface area contributed by atoms with Gasteiger partial charge in [0, 0.05) is 72.5 Å². The van der Waals surface area contributed by atoms with Crippen molar-refractivity contribution < 1.29 is 33.2 Å². The van der Waals surface area contributed by atoms with Gasteiger partial charge in [-0.15, -0.1) is 0 Å². The predicted octanol–water partition coefficient (Wildman–Crippen LogP) is 3.86. The lowest BCUT2D eigenvalue weighted by Gasteiger charge is -2.39. The van der Waals surface area contributed by atoms with Gasteiger partial charge in [0.1, 0.15) is 24.7 Å². The lowest BCUT2D eigenvalue weighted by molar-refractivity contribution is -0.140. The zero-order valence-electron chi connectivity index (χ0n) is 26.9. The maximum Gasteiger partial charge on any atom is 0.248 e. The number of nitrogens with one attached hydrogen (secondary N) is 1. The van der Waals surface area contributed by atoms with Gasteiger partial charge in [0.15, 0.2) is 0 Å². The fourth-order valence-electron chi connectivity index (χ4n) is 5.88. The first-order valence-electron chi connectivity index (χ1n) is 16.0. The molecule has 3 atom stereocenters. The molecule has 0 aliphatic carbocycles. The quantitative estimate of drug-likeness (QED) is 0.252. The molecule has 1 fully saturated rings. The van der Waals surface area contributed by atoms with E-state index in [2.05, 4.69) is 34.5 Å². The van der Waals surface area contributed by atoms with Crippen LogP contribution < -0.4 is 19.7 Å². The van der Waals surface area contributed by atoms with Gasteiger partial charge >= 0.3 is 0 Å². The Labute approximate surface area is 262 Å². The Bertz CT molecular complexity index is 1130. The number of likely N-dealkylation sites (N-methyl/N-ethyl adjacent to an activating group) is 1. The van der Waals surface area contributed by atoms with Gasteiger partial charge in [-0.1, -0.05) is 18.2 Å². The van der Waals surface area contributed by atoms with Crippen LogP contribution in [0, 0.1) is 0 Å². The molecular formula is C34H51N3O7. The monoisotopic (exact) mass is 613 g/mol. The molecule has 1 unspecified atom stereocenters. The highest BCUT2D eigenvalue weighted by atomic mass is 16.5. The Morgan fingerprint density at radius 3 is 2.41 bits per heavy atom. The molecule has 0 bridgehead atoms. The van der Waals surface area contributed by atoms with E-state index < -0.39 is 0 Å². The van der Waals surface area contributed by atoms with Crippen LogP contribution in [0.15, 0.2) is 42.5 Å². The first-order chi connectivity index (χ1) is 21.6. The smallest absolute Gasteiger partial charge is 0.248 e. The summed E-state index contributed by atoms with van der Waals surface area (Å²) in [5.41, 5.74) is 3.29. The average molecular weight is 614 g/mol. The fourth-order valence-corrected chi connectivity index (χ4v) is 5.88. The third-order valence-electron chi connectivity index (χ3n) is 8.28. The number of rotatable bonds is 18. The highest BCUT2D eigenvalue weighted by Crippen LogP contribution is 2.35. The minimum Gasteiger partial charge on any atom is -0.494 e. The minimum absolute atomic E-state index is 0.00271. The van der Waals surface area contributed by atoms with E-state index in [1.165, 1.54) is 0 Å². The van der Waals surface area contributed by atoms with Gasteiger partial charge in [0.2, 0.25) is 5.91 Å². The van der Waals surface area contributed by atoms with Gasteiger partial charge in [-0.3, -0.25) is 4.79 Å². The van der Waals surface area contributed by atoms with Crippen molar-refractivity contribution in [1.29, 1.82) is 0 Å². The first kappa shape index (κ1) is 34.0. The van der Waals surface area contributed by atoms with Crippen molar-refractivity contribution in [2.24, 2.45) is 0 Å². The van der Waals surface area contributed by atoms with Crippen LogP contribution in [-0.2, 0) is 30.3 Å². The number of fused-ring (bicyclic) bond motifs is 1. The number of hydrogen-bond donors (Lipinski definition) is 1. The SMILES string of the molecule is CCN(CC)C(=O)CO[C@@H]1CNC[C@H](OCc2ccc3c(c2)N(CCCOC)CCO3)C1c1ccc(OCCCOC)cc1. The summed E-state index contributed by atoms with van der Waals surface area (Å²) >= 11 is 0. The topological polar surface area (TPSA) is 91.0 Å². The molecule has 1 N–H and O–H groups in total. The number of piperidine rings is 1. The summed E-state index contributed by atoms with van der Waals surface area (Å²) < 4.78 is 35.2. The molecule has 2 aromatic carbocycles. The van der Waals surface area contributed by atoms with E-state index in [1.807, 2.05) is 32.0 Å². The van der Waals surface area contributed by atoms with Crippen molar-refractivity contribution in [3.8, 4) is 11.5 Å². The van der Waals surface area contributed by atoms with E-state index in [4.69, 9.17) is 28.4 Å². The number of carbonyl (C=O) groups is 1. The molecular weight excluding hydrogens is 562 g/mol. The summed E-state index contributed by atoms with van der Waals surface area (Å²) in [4.78, 5) is 17.0. The maximum absolute atomic E-state index is 12.8. The molecule has 4 rings (SSSR count). The third kappa shape index (κ3) is 9.55. The average Bonchev–Trinajstić information content (AvgIpc) is 3.06. The lowest BCUT2D eigenvalue weighted by atomic mass is 9.85. The zero-order valence-corrected chi connectivity index (χ0v) is 26.9. The number of benzene rings is 2. The number of anilines is 1. The molecule has 0 radical (unpaired) electrons. The Morgan fingerprint density at radius 2 is 1.68 bits per heavy atom. The highest BCUT2D eigenvalue weighted by Gasteiger charge is 2.36. The fraction of sp³-hybridized carbons (Fsp3) is 0.618. The van der Waals surface area contributed by atoms with Crippen molar-refractivity contribution in [2.75, 3.05) is 91.4 Å². The van der Waals surface area contributed by atoms with Crippen LogP contribution in [0.25, 0.3) is 0 Å². The van der Waals surface area contributed by atoms with Gasteiger partial charge in [0.05, 0.1) is 37.7 Å². The van der Waals surface area contributed by atoms with Crippen LogP contribution in [0.4, 0.5) is 5.69 Å². The first-order valence-corrected chi connectivity index (χ1v) is 16.0. The van der Waals surface area contributed by atoms with E-state index in [1.54, 1.807) is 19.1 Å². The Kier molecular flexibility index (Phi) is 14.0. The predicted molar refractivity (Wildman–Crippen MR) is 171 cm³/mol. The lowest BCUT2D eigenvalue weighted by Crippen LogP contribution is -2.51. The minimum atomic E-state index is -0.227. The van der Waals surface area contributed by atoms with Crippen LogP contribution in [-0.4, -0.2) is 110 Å². The molecule has 244 valence electrons. The summed E-state index contributed by atoms with van der Waals surface area (Å²) in [6.45, 7) is 11.6. The summed E-state index contributed by atoms with van der Waals surface area (Å²) in [5, 5.41) is 3.49. The van der Waals surface area contributed by atoms with Crippen molar-refractivity contribution in [3.63, 3.8) is 0 Å². The molecule has 0 spiro atoms. The van der Waals surface area contributed by atoms with Crippen molar-refractivity contribution >= 4 is 11.6 Å².